The molecule has 1 fully saturated rings. The second kappa shape index (κ2) is 6.07. The van der Waals surface area contributed by atoms with Crippen LogP contribution in [0.2, 0.25) is 0 Å². The molecule has 2 rings (SSSR count). The number of pyridine rings is 1. The van der Waals surface area contributed by atoms with Crippen molar-refractivity contribution in [3.05, 3.63) is 27.9 Å². The number of halogens is 3. The molecule has 0 amide bonds. The molecule has 1 aliphatic rings. The molecule has 0 radical (unpaired) electrons. The number of nitro groups is 1. The average Bonchev–Trinajstić information content (AvgIpc) is 2.39. The Hall–Kier alpha value is -1.90. The number of hydrogen-bond acceptors (Lipinski definition) is 5. The predicted octanol–water partition coefficient (Wildman–Crippen LogP) is 2.37. The summed E-state index contributed by atoms with van der Waals surface area (Å²) in [6, 6.07) is 2.65. The molecule has 0 bridgehead atoms. The smallest absolute Gasteiger partial charge is 0.354 e. The van der Waals surface area contributed by atoms with Crippen LogP contribution in [0.5, 0.6) is 0 Å². The van der Waals surface area contributed by atoms with Crippen LogP contribution in [0.3, 0.4) is 0 Å². The van der Waals surface area contributed by atoms with Gasteiger partial charge in [-0.05, 0) is 19.9 Å². The maximum atomic E-state index is 12.5. The fourth-order valence-corrected chi connectivity index (χ4v) is 2.58. The van der Waals surface area contributed by atoms with Crippen LogP contribution in [0.15, 0.2) is 12.1 Å². The van der Waals surface area contributed by atoms with E-state index in [4.69, 9.17) is 0 Å². The minimum Gasteiger partial charge on any atom is -0.354 e. The summed E-state index contributed by atoms with van der Waals surface area (Å²) >= 11 is 0. The zero-order valence-electron chi connectivity index (χ0n) is 12.3. The summed E-state index contributed by atoms with van der Waals surface area (Å²) in [5.41, 5.74) is 0.236. The first-order valence-electron chi connectivity index (χ1n) is 6.85. The van der Waals surface area contributed by atoms with Crippen LogP contribution in [0, 0.1) is 17.0 Å². The third kappa shape index (κ3) is 3.85. The number of anilines is 1. The van der Waals surface area contributed by atoms with Gasteiger partial charge >= 0.3 is 6.18 Å². The number of piperazine rings is 1. The molecular weight excluding hydrogens is 301 g/mol. The van der Waals surface area contributed by atoms with E-state index in [1.165, 1.54) is 17.0 Å². The van der Waals surface area contributed by atoms with E-state index in [1.54, 1.807) is 13.8 Å². The molecule has 22 heavy (non-hydrogen) atoms. The van der Waals surface area contributed by atoms with Gasteiger partial charge in [-0.25, -0.2) is 4.98 Å². The molecule has 1 saturated heterocycles. The van der Waals surface area contributed by atoms with E-state index < -0.39 is 17.6 Å². The molecule has 1 aromatic heterocycles. The van der Waals surface area contributed by atoms with E-state index in [2.05, 4.69) is 4.98 Å². The highest BCUT2D eigenvalue weighted by Gasteiger charge is 2.35. The lowest BCUT2D eigenvalue weighted by molar-refractivity contribution is -0.385. The Labute approximate surface area is 125 Å². The molecule has 6 nitrogen and oxygen atoms in total. The summed E-state index contributed by atoms with van der Waals surface area (Å²) in [5, 5.41) is 10.8. The molecule has 1 atom stereocenters. The molecular formula is C13H17F3N4O2. The molecule has 1 aliphatic heterocycles. The zero-order valence-corrected chi connectivity index (χ0v) is 12.3. The minimum absolute atomic E-state index is 0.0625. The summed E-state index contributed by atoms with van der Waals surface area (Å²) in [7, 11) is 0. The van der Waals surface area contributed by atoms with Gasteiger partial charge in [-0.2, -0.15) is 13.2 Å². The lowest BCUT2D eigenvalue weighted by atomic mass is 10.2. The van der Waals surface area contributed by atoms with Crippen molar-refractivity contribution in [1.82, 2.24) is 9.88 Å². The SMILES string of the molecule is Cc1nc(N2CCN(CC(F)(F)F)C(C)C2)ccc1[N+](=O)[O-]. The van der Waals surface area contributed by atoms with Gasteiger partial charge in [0.25, 0.3) is 5.69 Å². The van der Waals surface area contributed by atoms with E-state index in [0.29, 0.717) is 24.6 Å². The van der Waals surface area contributed by atoms with Gasteiger partial charge in [0.2, 0.25) is 0 Å². The Morgan fingerprint density at radius 1 is 1.41 bits per heavy atom. The van der Waals surface area contributed by atoms with Crippen molar-refractivity contribution in [1.29, 1.82) is 0 Å². The van der Waals surface area contributed by atoms with Crippen LogP contribution in [0.1, 0.15) is 12.6 Å². The van der Waals surface area contributed by atoms with Crippen LogP contribution in [-0.2, 0) is 0 Å². The van der Waals surface area contributed by atoms with E-state index in [9.17, 15) is 23.3 Å². The van der Waals surface area contributed by atoms with Crippen molar-refractivity contribution in [2.75, 3.05) is 31.1 Å². The predicted molar refractivity (Wildman–Crippen MR) is 74.9 cm³/mol. The molecule has 9 heteroatoms. The first-order valence-corrected chi connectivity index (χ1v) is 6.85. The summed E-state index contributed by atoms with van der Waals surface area (Å²) in [4.78, 5) is 17.7. The Bertz CT molecular complexity index is 565. The molecule has 122 valence electrons. The summed E-state index contributed by atoms with van der Waals surface area (Å²) in [6.45, 7) is 3.44. The lowest BCUT2D eigenvalue weighted by Crippen LogP contribution is -2.54. The van der Waals surface area contributed by atoms with Crippen molar-refractivity contribution < 1.29 is 18.1 Å². The molecule has 0 N–H and O–H groups in total. The normalized spacial score (nSPS) is 20.2. The molecule has 0 aromatic carbocycles. The molecule has 0 saturated carbocycles. The number of nitrogens with zero attached hydrogens (tertiary/aromatic N) is 4. The van der Waals surface area contributed by atoms with Gasteiger partial charge in [-0.15, -0.1) is 0 Å². The fourth-order valence-electron chi connectivity index (χ4n) is 2.58. The van der Waals surface area contributed by atoms with Crippen molar-refractivity contribution in [3.63, 3.8) is 0 Å². The van der Waals surface area contributed by atoms with E-state index >= 15 is 0 Å². The zero-order chi connectivity index (χ0) is 16.5. The highest BCUT2D eigenvalue weighted by molar-refractivity contribution is 5.47. The van der Waals surface area contributed by atoms with Crippen LogP contribution in [-0.4, -0.2) is 53.2 Å². The van der Waals surface area contributed by atoms with Crippen molar-refractivity contribution in [3.8, 4) is 0 Å². The first kappa shape index (κ1) is 16.5. The number of aromatic nitrogens is 1. The molecule has 2 heterocycles. The maximum absolute atomic E-state index is 12.5. The van der Waals surface area contributed by atoms with Crippen LogP contribution in [0.25, 0.3) is 0 Å². The van der Waals surface area contributed by atoms with E-state index in [0.717, 1.165) is 0 Å². The van der Waals surface area contributed by atoms with Gasteiger partial charge < -0.3 is 4.90 Å². The van der Waals surface area contributed by atoms with Gasteiger partial charge in [0.15, 0.2) is 0 Å². The number of hydrogen-bond donors (Lipinski definition) is 0. The standard InChI is InChI=1S/C13H17F3N4O2/c1-9-7-18(5-6-19(9)8-13(14,15)16)12-4-3-11(20(21)22)10(2)17-12/h3-4,9H,5-8H2,1-2H3. The van der Waals surface area contributed by atoms with Crippen LogP contribution in [0.4, 0.5) is 24.7 Å². The molecule has 0 aliphatic carbocycles. The van der Waals surface area contributed by atoms with Gasteiger partial charge in [0.05, 0.1) is 11.5 Å². The Morgan fingerprint density at radius 2 is 2.09 bits per heavy atom. The lowest BCUT2D eigenvalue weighted by Gasteiger charge is -2.40. The van der Waals surface area contributed by atoms with Gasteiger partial charge in [0.1, 0.15) is 11.5 Å². The third-order valence-corrected chi connectivity index (χ3v) is 3.71. The Morgan fingerprint density at radius 3 is 2.59 bits per heavy atom. The number of aryl methyl sites for hydroxylation is 1. The second-order valence-electron chi connectivity index (χ2n) is 5.41. The highest BCUT2D eigenvalue weighted by Crippen LogP contribution is 2.24. The van der Waals surface area contributed by atoms with Gasteiger partial charge in [-0.3, -0.25) is 15.0 Å². The van der Waals surface area contributed by atoms with Crippen molar-refractivity contribution in [2.24, 2.45) is 0 Å². The summed E-state index contributed by atoms with van der Waals surface area (Å²) < 4.78 is 37.4. The average molecular weight is 318 g/mol. The monoisotopic (exact) mass is 318 g/mol. The van der Waals surface area contributed by atoms with E-state index in [1.807, 2.05) is 4.90 Å². The van der Waals surface area contributed by atoms with Crippen LogP contribution < -0.4 is 4.90 Å². The molecule has 1 unspecified atom stereocenters. The van der Waals surface area contributed by atoms with E-state index in [-0.39, 0.29) is 18.3 Å². The van der Waals surface area contributed by atoms with Crippen molar-refractivity contribution >= 4 is 11.5 Å². The molecule has 1 aromatic rings. The fraction of sp³-hybridized carbons (Fsp3) is 0.615. The maximum Gasteiger partial charge on any atom is 0.401 e. The third-order valence-electron chi connectivity index (χ3n) is 3.71. The highest BCUT2D eigenvalue weighted by atomic mass is 19.4. The molecule has 0 spiro atoms. The largest absolute Gasteiger partial charge is 0.401 e. The summed E-state index contributed by atoms with van der Waals surface area (Å²) in [6.07, 6.45) is -4.21. The second-order valence-corrected chi connectivity index (χ2v) is 5.41. The topological polar surface area (TPSA) is 62.5 Å². The minimum atomic E-state index is -4.21. The quantitative estimate of drug-likeness (QED) is 0.632. The Kier molecular flexibility index (Phi) is 4.55. The van der Waals surface area contributed by atoms with Gasteiger partial charge in [0, 0.05) is 31.7 Å². The van der Waals surface area contributed by atoms with Crippen LogP contribution >= 0.6 is 0 Å². The van der Waals surface area contributed by atoms with Gasteiger partial charge in [-0.1, -0.05) is 0 Å². The summed E-state index contributed by atoms with van der Waals surface area (Å²) in [5.74, 6) is 0.557. The number of alkyl halides is 3. The number of rotatable bonds is 3. The van der Waals surface area contributed by atoms with Crippen molar-refractivity contribution in [2.45, 2.75) is 26.1 Å². The Balaban J connectivity index is 2.07. The first-order chi connectivity index (χ1) is 10.2.